The summed E-state index contributed by atoms with van der Waals surface area (Å²) in [5.74, 6) is 0. The molecule has 4 fully saturated rings. The van der Waals surface area contributed by atoms with E-state index >= 15 is 0 Å². The van der Waals surface area contributed by atoms with Crippen molar-refractivity contribution in [3.8, 4) is 0 Å². The molecule has 0 amide bonds. The topological polar surface area (TPSA) is 6.48 Å². The molecule has 0 aromatic carbocycles. The van der Waals surface area contributed by atoms with Gasteiger partial charge in [-0.2, -0.15) is 0 Å². The summed E-state index contributed by atoms with van der Waals surface area (Å²) in [4.78, 5) is 4.94. The zero-order valence-corrected chi connectivity index (χ0v) is 16.4. The Morgan fingerprint density at radius 2 is 0.909 bits per heavy atom. The van der Waals surface area contributed by atoms with Crippen molar-refractivity contribution in [1.82, 2.24) is 9.80 Å². The third-order valence-corrected chi connectivity index (χ3v) is 5.88. The monoisotopic (exact) mass is 310 g/mol. The molecule has 4 rings (SSSR count). The highest BCUT2D eigenvalue weighted by Crippen LogP contribution is 2.52. The van der Waals surface area contributed by atoms with Crippen LogP contribution >= 0.6 is 0 Å². The predicted molar refractivity (Wildman–Crippen MR) is 99.5 cm³/mol. The van der Waals surface area contributed by atoms with Gasteiger partial charge < -0.3 is 9.80 Å². The minimum Gasteiger partial charge on any atom is -0.306 e. The minimum absolute atomic E-state index is 0.786. The molecular weight excluding hydrogens is 268 g/mol. The van der Waals surface area contributed by atoms with Crippen molar-refractivity contribution in [2.75, 3.05) is 40.3 Å². The second-order valence-electron chi connectivity index (χ2n) is 7.68. The maximum absolute atomic E-state index is 2.49. The summed E-state index contributed by atoms with van der Waals surface area (Å²) in [5.41, 5.74) is 1.63. The fourth-order valence-electron chi connectivity index (χ4n) is 4.44. The maximum Gasteiger partial charge on any atom is 0.00354 e. The van der Waals surface area contributed by atoms with E-state index in [1.807, 2.05) is 27.7 Å². The molecule has 22 heavy (non-hydrogen) atoms. The van der Waals surface area contributed by atoms with Gasteiger partial charge in [-0.15, -0.1) is 0 Å². The number of rotatable bonds is 0. The lowest BCUT2D eigenvalue weighted by Gasteiger charge is -2.21. The molecule has 0 atom stereocenters. The molecule has 0 radical (unpaired) electrons. The lowest BCUT2D eigenvalue weighted by molar-refractivity contribution is 0.289. The van der Waals surface area contributed by atoms with Crippen LogP contribution in [0.5, 0.6) is 0 Å². The van der Waals surface area contributed by atoms with E-state index in [9.17, 15) is 0 Å². The van der Waals surface area contributed by atoms with E-state index in [-0.39, 0.29) is 0 Å². The first-order valence-corrected chi connectivity index (χ1v) is 9.99. The summed E-state index contributed by atoms with van der Waals surface area (Å²) in [5, 5.41) is 0. The minimum atomic E-state index is 0.786. The van der Waals surface area contributed by atoms with Crippen LogP contribution in [0.2, 0.25) is 0 Å². The Hall–Kier alpha value is -0.0800. The van der Waals surface area contributed by atoms with Crippen molar-refractivity contribution in [2.45, 2.75) is 79.1 Å². The smallest absolute Gasteiger partial charge is 0.00354 e. The zero-order valence-electron chi connectivity index (χ0n) is 16.4. The van der Waals surface area contributed by atoms with Crippen molar-refractivity contribution in [3.05, 3.63) is 0 Å². The Bertz CT molecular complexity index is 290. The molecule has 2 nitrogen and oxygen atoms in total. The van der Waals surface area contributed by atoms with Crippen LogP contribution < -0.4 is 0 Å². The molecule has 0 aromatic rings. The number of hydrogen-bond donors (Lipinski definition) is 0. The van der Waals surface area contributed by atoms with E-state index in [0.717, 1.165) is 10.8 Å². The number of likely N-dealkylation sites (tertiary alicyclic amines) is 2. The van der Waals surface area contributed by atoms with E-state index in [1.165, 1.54) is 77.5 Å². The van der Waals surface area contributed by atoms with Gasteiger partial charge in [0.15, 0.2) is 0 Å². The van der Waals surface area contributed by atoms with Crippen molar-refractivity contribution in [1.29, 1.82) is 0 Å². The van der Waals surface area contributed by atoms with Gasteiger partial charge in [-0.05, 0) is 76.5 Å². The van der Waals surface area contributed by atoms with Gasteiger partial charge in [0.1, 0.15) is 0 Å². The second kappa shape index (κ2) is 9.27. The maximum atomic E-state index is 2.49. The first-order chi connectivity index (χ1) is 10.6. The van der Waals surface area contributed by atoms with E-state index in [4.69, 9.17) is 0 Å². The molecule has 0 aromatic heterocycles. The summed E-state index contributed by atoms with van der Waals surface area (Å²) in [6.07, 6.45) is 12.0. The molecule has 2 aliphatic heterocycles. The second-order valence-corrected chi connectivity index (χ2v) is 7.68. The fourth-order valence-corrected chi connectivity index (χ4v) is 4.44. The summed E-state index contributed by atoms with van der Waals surface area (Å²) in [6.45, 7) is 13.5. The molecule has 0 bridgehead atoms. The van der Waals surface area contributed by atoms with Crippen molar-refractivity contribution in [3.63, 3.8) is 0 Å². The first-order valence-electron chi connectivity index (χ1n) is 9.99. The van der Waals surface area contributed by atoms with Crippen LogP contribution in [0.15, 0.2) is 0 Å². The van der Waals surface area contributed by atoms with Gasteiger partial charge >= 0.3 is 0 Å². The van der Waals surface area contributed by atoms with Crippen LogP contribution in [0, 0.1) is 10.8 Å². The Kier molecular flexibility index (Phi) is 8.42. The van der Waals surface area contributed by atoms with Crippen LogP contribution in [0.1, 0.15) is 79.1 Å². The lowest BCUT2D eigenvalue weighted by atomic mass is 9.86. The van der Waals surface area contributed by atoms with Crippen LogP contribution in [0.3, 0.4) is 0 Å². The average Bonchev–Trinajstić information content (AvgIpc) is 2.88. The van der Waals surface area contributed by atoms with Crippen molar-refractivity contribution < 1.29 is 0 Å². The normalized spacial score (nSPS) is 27.5. The molecule has 0 unspecified atom stereocenters. The predicted octanol–water partition coefficient (Wildman–Crippen LogP) is 5.04. The van der Waals surface area contributed by atoms with Crippen molar-refractivity contribution >= 4 is 0 Å². The number of hydrogen-bond acceptors (Lipinski definition) is 2. The van der Waals surface area contributed by atoms with E-state index in [2.05, 4.69) is 23.9 Å². The molecule has 2 heterocycles. The Morgan fingerprint density at radius 3 is 1.14 bits per heavy atom. The summed E-state index contributed by atoms with van der Waals surface area (Å²) in [6, 6.07) is 0. The van der Waals surface area contributed by atoms with Crippen LogP contribution in [-0.2, 0) is 0 Å². The molecule has 2 heteroatoms. The van der Waals surface area contributed by atoms with Crippen LogP contribution in [0.4, 0.5) is 0 Å². The SMILES string of the molecule is CC.CC.CN1CCC2(CC2)C1.CN1CCC2(CCCC2)C1. The average molecular weight is 311 g/mol. The van der Waals surface area contributed by atoms with Gasteiger partial charge in [0, 0.05) is 13.1 Å². The molecule has 2 spiro atoms. The highest BCUT2D eigenvalue weighted by Gasteiger charge is 2.46. The molecule has 2 aliphatic carbocycles. The van der Waals surface area contributed by atoms with E-state index in [0.29, 0.717) is 0 Å². The molecule has 4 aliphatic rings. The van der Waals surface area contributed by atoms with Gasteiger partial charge in [-0.1, -0.05) is 40.5 Å². The van der Waals surface area contributed by atoms with E-state index in [1.54, 1.807) is 0 Å². The van der Waals surface area contributed by atoms with Crippen molar-refractivity contribution in [2.24, 2.45) is 10.8 Å². The standard InChI is InChI=1S/C9H17N.C7H13N.2C2H6/c1-10-7-6-9(8-10)4-2-3-5-9;1-8-5-4-7(6-8)2-3-7;2*1-2/h2-8H2,1H3;2-6H2,1H3;2*1-2H3. The quantitative estimate of drug-likeness (QED) is 0.618. The zero-order chi connectivity index (χ0) is 16.6. The highest BCUT2D eigenvalue weighted by molar-refractivity contribution is 4.99. The molecule has 0 N–H and O–H groups in total. The van der Waals surface area contributed by atoms with Gasteiger partial charge in [-0.25, -0.2) is 0 Å². The highest BCUT2D eigenvalue weighted by atomic mass is 15.1. The summed E-state index contributed by atoms with van der Waals surface area (Å²) >= 11 is 0. The summed E-state index contributed by atoms with van der Waals surface area (Å²) < 4.78 is 0. The van der Waals surface area contributed by atoms with Crippen LogP contribution in [0.25, 0.3) is 0 Å². The Labute approximate surface area is 140 Å². The van der Waals surface area contributed by atoms with Gasteiger partial charge in [0.25, 0.3) is 0 Å². The first kappa shape index (κ1) is 20.0. The third kappa shape index (κ3) is 5.53. The van der Waals surface area contributed by atoms with E-state index < -0.39 is 0 Å². The Balaban J connectivity index is 0.000000183. The van der Waals surface area contributed by atoms with Crippen LogP contribution in [-0.4, -0.2) is 50.1 Å². The molecule has 2 saturated heterocycles. The molecule has 132 valence electrons. The largest absolute Gasteiger partial charge is 0.306 e. The molecule has 2 saturated carbocycles. The summed E-state index contributed by atoms with van der Waals surface area (Å²) in [7, 11) is 4.49. The lowest BCUT2D eigenvalue weighted by Crippen LogP contribution is -2.21. The number of nitrogens with zero attached hydrogens (tertiary/aromatic N) is 2. The van der Waals surface area contributed by atoms with Gasteiger partial charge in [0.05, 0.1) is 0 Å². The third-order valence-electron chi connectivity index (χ3n) is 5.88. The van der Waals surface area contributed by atoms with Gasteiger partial charge in [-0.3, -0.25) is 0 Å². The Morgan fingerprint density at radius 1 is 0.545 bits per heavy atom. The molecular formula is C20H42N2. The fraction of sp³-hybridized carbons (Fsp3) is 1.00. The van der Waals surface area contributed by atoms with Gasteiger partial charge in [0.2, 0.25) is 0 Å².